The lowest BCUT2D eigenvalue weighted by atomic mass is 9.85. The predicted octanol–water partition coefficient (Wildman–Crippen LogP) is 2.91. The quantitative estimate of drug-likeness (QED) is 0.639. The molecule has 2 atom stereocenters. The topological polar surface area (TPSA) is 111 Å². The molecule has 4 rings (SSSR count). The zero-order chi connectivity index (χ0) is 16.7. The van der Waals surface area contributed by atoms with Crippen LogP contribution in [0.4, 0.5) is 5.95 Å². The number of H-pyrrole nitrogens is 1. The van der Waals surface area contributed by atoms with Gasteiger partial charge in [-0.25, -0.2) is 9.97 Å². The summed E-state index contributed by atoms with van der Waals surface area (Å²) in [6, 6.07) is 11.0. The van der Waals surface area contributed by atoms with Gasteiger partial charge in [-0.05, 0) is 44.4 Å². The minimum absolute atomic E-state index is 0. The van der Waals surface area contributed by atoms with Crippen LogP contribution in [0.3, 0.4) is 0 Å². The number of halogens is 1. The fraction of sp³-hybridized carbons (Fsp3) is 0.368. The highest BCUT2D eigenvalue weighted by Gasteiger charge is 2.30. The van der Waals surface area contributed by atoms with Crippen molar-refractivity contribution in [2.24, 2.45) is 0 Å². The van der Waals surface area contributed by atoms with Crippen molar-refractivity contribution >= 4 is 18.4 Å². The summed E-state index contributed by atoms with van der Waals surface area (Å²) in [5.41, 5.74) is 12.6. The summed E-state index contributed by atoms with van der Waals surface area (Å²) < 4.78 is 0. The van der Waals surface area contributed by atoms with Crippen LogP contribution >= 0.6 is 12.4 Å². The molecule has 1 aromatic carbocycles. The van der Waals surface area contributed by atoms with E-state index < -0.39 is 0 Å². The van der Waals surface area contributed by atoms with Gasteiger partial charge in [0, 0.05) is 17.7 Å². The molecule has 0 bridgehead atoms. The first kappa shape index (κ1) is 20.2. The van der Waals surface area contributed by atoms with Crippen LogP contribution in [0, 0.1) is 13.8 Å². The highest BCUT2D eigenvalue weighted by molar-refractivity contribution is 5.85. The number of benzene rings is 1. The van der Waals surface area contributed by atoms with Crippen molar-refractivity contribution < 1.29 is 5.48 Å². The maximum atomic E-state index is 6.05. The lowest BCUT2D eigenvalue weighted by molar-refractivity contribution is 0.365. The first-order chi connectivity index (χ1) is 11.6. The van der Waals surface area contributed by atoms with Gasteiger partial charge in [-0.1, -0.05) is 30.3 Å². The molecule has 0 aliphatic carbocycles. The van der Waals surface area contributed by atoms with Crippen LogP contribution < -0.4 is 11.1 Å². The second-order valence-corrected chi connectivity index (χ2v) is 6.69. The Balaban J connectivity index is 0.00000121. The van der Waals surface area contributed by atoms with Gasteiger partial charge in [-0.15, -0.1) is 12.4 Å². The molecule has 3 aliphatic rings. The Hall–Kier alpha value is -2.15. The second-order valence-electron chi connectivity index (χ2n) is 6.69. The fourth-order valence-electron chi connectivity index (χ4n) is 3.73. The first-order valence-electron chi connectivity index (χ1n) is 8.54. The minimum atomic E-state index is 0. The predicted molar refractivity (Wildman–Crippen MR) is 107 cm³/mol. The molecule has 6 nitrogen and oxygen atoms in total. The van der Waals surface area contributed by atoms with Crippen molar-refractivity contribution in [2.75, 3.05) is 12.3 Å². The number of anilines is 1. The average molecular weight is 376 g/mol. The summed E-state index contributed by atoms with van der Waals surface area (Å²) in [5, 5.41) is 3.63. The maximum absolute atomic E-state index is 6.05. The number of aromatic nitrogens is 3. The van der Waals surface area contributed by atoms with E-state index >= 15 is 0 Å². The highest BCUT2D eigenvalue weighted by atomic mass is 35.5. The molecular formula is C19H26ClN5O. The molecule has 2 unspecified atom stereocenters. The third kappa shape index (κ3) is 3.53. The number of nitrogens with one attached hydrogen (secondary N) is 2. The monoisotopic (exact) mass is 375 g/mol. The number of aromatic amines is 1. The lowest BCUT2D eigenvalue weighted by Gasteiger charge is -2.31. The fourth-order valence-corrected chi connectivity index (χ4v) is 3.73. The lowest BCUT2D eigenvalue weighted by Crippen LogP contribution is -2.31. The molecule has 1 saturated heterocycles. The zero-order valence-electron chi connectivity index (χ0n) is 15.0. The maximum Gasteiger partial charge on any atom is 0.198 e. The van der Waals surface area contributed by atoms with Crippen LogP contribution in [0.25, 0.3) is 11.4 Å². The largest absolute Gasteiger partial charge is 0.412 e. The number of rotatable bonds is 2. The molecule has 140 valence electrons. The number of hydrogen-bond acceptors (Lipinski definition) is 4. The molecule has 3 heterocycles. The number of piperidine rings is 1. The van der Waals surface area contributed by atoms with Gasteiger partial charge in [-0.2, -0.15) is 0 Å². The molecule has 1 fully saturated rings. The van der Waals surface area contributed by atoms with Crippen molar-refractivity contribution in [3.05, 3.63) is 52.8 Å². The van der Waals surface area contributed by atoms with E-state index in [1.54, 1.807) is 0 Å². The van der Waals surface area contributed by atoms with Crippen LogP contribution in [0.1, 0.15) is 47.3 Å². The van der Waals surface area contributed by atoms with E-state index in [9.17, 15) is 0 Å². The van der Waals surface area contributed by atoms with E-state index in [0.29, 0.717) is 17.9 Å². The number of nitrogen functional groups attached to an aromatic ring is 1. The summed E-state index contributed by atoms with van der Waals surface area (Å²) in [6.45, 7) is 5.10. The molecule has 0 saturated carbocycles. The summed E-state index contributed by atoms with van der Waals surface area (Å²) in [6.07, 6.45) is 2.07. The van der Waals surface area contributed by atoms with Crippen LogP contribution in [-0.2, 0) is 0 Å². The smallest absolute Gasteiger partial charge is 0.198 e. The van der Waals surface area contributed by atoms with E-state index in [1.165, 1.54) is 5.56 Å². The van der Waals surface area contributed by atoms with Crippen LogP contribution in [0.15, 0.2) is 30.3 Å². The van der Waals surface area contributed by atoms with Crippen molar-refractivity contribution in [1.82, 2.24) is 20.3 Å². The molecule has 6 N–H and O–H groups in total. The van der Waals surface area contributed by atoms with Gasteiger partial charge < -0.3 is 21.5 Å². The summed E-state index contributed by atoms with van der Waals surface area (Å²) in [7, 11) is 0. The average Bonchev–Trinajstić information content (AvgIpc) is 2.90. The molecule has 7 heteroatoms. The molecular weight excluding hydrogens is 350 g/mol. The van der Waals surface area contributed by atoms with Crippen LogP contribution in [-0.4, -0.2) is 27.0 Å². The van der Waals surface area contributed by atoms with Crippen molar-refractivity contribution in [2.45, 2.75) is 38.6 Å². The van der Waals surface area contributed by atoms with Gasteiger partial charge in [-0.3, -0.25) is 0 Å². The summed E-state index contributed by atoms with van der Waals surface area (Å²) >= 11 is 0. The van der Waals surface area contributed by atoms with Crippen LogP contribution in [0.5, 0.6) is 0 Å². The Morgan fingerprint density at radius 2 is 1.85 bits per heavy atom. The number of nitrogens with zero attached hydrogens (tertiary/aromatic N) is 2. The minimum Gasteiger partial charge on any atom is -0.412 e. The van der Waals surface area contributed by atoms with Gasteiger partial charge in [0.1, 0.15) is 5.69 Å². The van der Waals surface area contributed by atoms with Gasteiger partial charge in [0.25, 0.3) is 0 Å². The third-order valence-electron chi connectivity index (χ3n) is 5.16. The van der Waals surface area contributed by atoms with E-state index in [2.05, 4.69) is 52.5 Å². The van der Waals surface area contributed by atoms with Crippen molar-refractivity contribution in [3.63, 3.8) is 0 Å². The molecule has 3 aliphatic heterocycles. The molecule has 1 aromatic rings. The van der Waals surface area contributed by atoms with Crippen molar-refractivity contribution in [3.8, 4) is 11.4 Å². The third-order valence-corrected chi connectivity index (χ3v) is 5.16. The highest BCUT2D eigenvalue weighted by Crippen LogP contribution is 2.39. The Bertz CT molecular complexity index is 836. The molecule has 0 radical (unpaired) electrons. The summed E-state index contributed by atoms with van der Waals surface area (Å²) in [4.78, 5) is 12.6. The first-order valence-corrected chi connectivity index (χ1v) is 8.54. The SMILES string of the molecule is Cc1nc2c(C3CCNC(c4ccccc4)C3)nc(N)[nH]c-2c1C.Cl.O. The van der Waals surface area contributed by atoms with E-state index in [4.69, 9.17) is 10.7 Å². The molecule has 0 aromatic heterocycles. The van der Waals surface area contributed by atoms with E-state index in [0.717, 1.165) is 47.7 Å². The van der Waals surface area contributed by atoms with Gasteiger partial charge >= 0.3 is 0 Å². The number of nitrogens with two attached hydrogens (primary N) is 1. The van der Waals surface area contributed by atoms with Gasteiger partial charge in [0.05, 0.1) is 11.4 Å². The summed E-state index contributed by atoms with van der Waals surface area (Å²) in [5.74, 6) is 0.840. The van der Waals surface area contributed by atoms with Crippen molar-refractivity contribution in [1.29, 1.82) is 0 Å². The van der Waals surface area contributed by atoms with E-state index in [1.807, 2.05) is 6.92 Å². The van der Waals surface area contributed by atoms with E-state index in [-0.39, 0.29) is 17.9 Å². The Morgan fingerprint density at radius 3 is 2.58 bits per heavy atom. The Morgan fingerprint density at radius 1 is 1.12 bits per heavy atom. The number of fused-ring (bicyclic) bond motifs is 1. The molecule has 0 spiro atoms. The Kier molecular flexibility index (Phi) is 6.23. The number of aryl methyl sites for hydroxylation is 1. The van der Waals surface area contributed by atoms with Crippen LogP contribution in [0.2, 0.25) is 0 Å². The molecule has 26 heavy (non-hydrogen) atoms. The number of hydrogen-bond donors (Lipinski definition) is 3. The standard InChI is InChI=1S/C19H23N5.ClH.H2O/c1-11-12(2)22-18-16(11)23-19(20)24-17(18)14-8-9-21-15(10-14)13-6-4-3-5-7-13;;/h3-7,14-15,21H,8-10H2,1-2H3,(H3,20,23,24);1H;1H2. The van der Waals surface area contributed by atoms with Gasteiger partial charge in [0.2, 0.25) is 0 Å². The normalized spacial score (nSPS) is 19.6. The van der Waals surface area contributed by atoms with Gasteiger partial charge in [0.15, 0.2) is 5.95 Å². The second kappa shape index (κ2) is 8.03. The molecule has 0 amide bonds. The zero-order valence-corrected chi connectivity index (χ0v) is 15.9. The Labute approximate surface area is 159 Å².